The molecule has 102 valence electrons. The van der Waals surface area contributed by atoms with Gasteiger partial charge in [-0.3, -0.25) is 5.41 Å². The Morgan fingerprint density at radius 2 is 2.20 bits per heavy atom. The molecule has 0 atom stereocenters. The molecule has 0 saturated heterocycles. The highest BCUT2D eigenvalue weighted by atomic mass is 15.0. The van der Waals surface area contributed by atoms with Crippen LogP contribution in [-0.2, 0) is 6.54 Å². The molecule has 0 saturated carbocycles. The third-order valence-electron chi connectivity index (χ3n) is 3.98. The molecule has 0 unspecified atom stereocenters. The fraction of sp³-hybridized carbons (Fsp3) is 0.235. The molecule has 0 spiro atoms. The van der Waals surface area contributed by atoms with Gasteiger partial charge in [-0.1, -0.05) is 17.7 Å². The maximum absolute atomic E-state index is 7.50. The van der Waals surface area contributed by atoms with Gasteiger partial charge >= 0.3 is 0 Å². The smallest absolute Gasteiger partial charge is 0.122 e. The number of nitrogens with zero attached hydrogens (tertiary/aromatic N) is 1. The van der Waals surface area contributed by atoms with Crippen molar-refractivity contribution in [1.29, 1.82) is 5.41 Å². The first kappa shape index (κ1) is 12.7. The maximum atomic E-state index is 7.50. The Hall–Kier alpha value is -2.29. The molecule has 0 amide bonds. The second-order valence-electron chi connectivity index (χ2n) is 5.38. The molecule has 1 heterocycles. The summed E-state index contributed by atoms with van der Waals surface area (Å²) in [6.07, 6.45) is 8.93. The number of hydrogen-bond acceptors (Lipinski definition) is 1. The summed E-state index contributed by atoms with van der Waals surface area (Å²) < 4.78 is 2.26. The number of hydrogen-bond donors (Lipinski definition) is 2. The van der Waals surface area contributed by atoms with E-state index in [9.17, 15) is 0 Å². The minimum absolute atomic E-state index is 0.119. The zero-order valence-corrected chi connectivity index (χ0v) is 11.7. The predicted molar refractivity (Wildman–Crippen MR) is 84.0 cm³/mol. The van der Waals surface area contributed by atoms with Gasteiger partial charge in [-0.15, -0.1) is 0 Å². The SMILES string of the molecule is CC1=C(Cn2ccc3cc(C(=N)N)ccc32)C=CCC1. The highest BCUT2D eigenvalue weighted by molar-refractivity contribution is 5.98. The van der Waals surface area contributed by atoms with Crippen LogP contribution in [0.4, 0.5) is 0 Å². The van der Waals surface area contributed by atoms with E-state index in [2.05, 4.69) is 42.0 Å². The molecule has 1 aromatic heterocycles. The van der Waals surface area contributed by atoms with Crippen molar-refractivity contribution < 1.29 is 0 Å². The Bertz CT molecular complexity index is 732. The summed E-state index contributed by atoms with van der Waals surface area (Å²) in [6, 6.07) is 8.03. The highest BCUT2D eigenvalue weighted by Crippen LogP contribution is 2.23. The van der Waals surface area contributed by atoms with Crippen LogP contribution in [0.2, 0.25) is 0 Å². The molecule has 20 heavy (non-hydrogen) atoms. The summed E-state index contributed by atoms with van der Waals surface area (Å²) in [5, 5.41) is 8.64. The minimum atomic E-state index is 0.119. The van der Waals surface area contributed by atoms with E-state index in [0.29, 0.717) is 0 Å². The van der Waals surface area contributed by atoms with Crippen molar-refractivity contribution in [2.45, 2.75) is 26.3 Å². The number of fused-ring (bicyclic) bond motifs is 1. The Balaban J connectivity index is 1.97. The van der Waals surface area contributed by atoms with Crippen LogP contribution < -0.4 is 5.73 Å². The summed E-state index contributed by atoms with van der Waals surface area (Å²) in [7, 11) is 0. The predicted octanol–water partition coefficient (Wildman–Crippen LogP) is 3.59. The van der Waals surface area contributed by atoms with Gasteiger partial charge in [0.25, 0.3) is 0 Å². The second kappa shape index (κ2) is 5.00. The van der Waals surface area contributed by atoms with E-state index in [4.69, 9.17) is 11.1 Å². The van der Waals surface area contributed by atoms with Crippen molar-refractivity contribution in [3.63, 3.8) is 0 Å². The van der Waals surface area contributed by atoms with E-state index in [-0.39, 0.29) is 5.84 Å². The van der Waals surface area contributed by atoms with E-state index >= 15 is 0 Å². The first-order valence-electron chi connectivity index (χ1n) is 6.93. The first-order valence-corrected chi connectivity index (χ1v) is 6.93. The van der Waals surface area contributed by atoms with Gasteiger partial charge < -0.3 is 10.3 Å². The van der Waals surface area contributed by atoms with E-state index < -0.39 is 0 Å². The van der Waals surface area contributed by atoms with Gasteiger partial charge in [-0.2, -0.15) is 0 Å². The van der Waals surface area contributed by atoms with Crippen molar-refractivity contribution in [1.82, 2.24) is 4.57 Å². The Morgan fingerprint density at radius 1 is 1.35 bits per heavy atom. The lowest BCUT2D eigenvalue weighted by atomic mass is 9.99. The Labute approximate surface area is 118 Å². The van der Waals surface area contributed by atoms with Crippen molar-refractivity contribution >= 4 is 16.7 Å². The largest absolute Gasteiger partial charge is 0.384 e. The fourth-order valence-electron chi connectivity index (χ4n) is 2.70. The van der Waals surface area contributed by atoms with Crippen molar-refractivity contribution in [2.75, 3.05) is 0 Å². The number of rotatable bonds is 3. The fourth-order valence-corrected chi connectivity index (χ4v) is 2.70. The van der Waals surface area contributed by atoms with E-state index in [1.54, 1.807) is 0 Å². The zero-order chi connectivity index (χ0) is 14.1. The van der Waals surface area contributed by atoms with Crippen LogP contribution in [-0.4, -0.2) is 10.4 Å². The van der Waals surface area contributed by atoms with Crippen molar-refractivity contribution in [2.24, 2.45) is 5.73 Å². The second-order valence-corrected chi connectivity index (χ2v) is 5.38. The maximum Gasteiger partial charge on any atom is 0.122 e. The van der Waals surface area contributed by atoms with Gasteiger partial charge in [0.15, 0.2) is 0 Å². The lowest BCUT2D eigenvalue weighted by Crippen LogP contribution is -2.10. The number of allylic oxidation sites excluding steroid dienone is 4. The van der Waals surface area contributed by atoms with Crippen molar-refractivity contribution in [3.8, 4) is 0 Å². The molecule has 1 aromatic carbocycles. The zero-order valence-electron chi connectivity index (χ0n) is 11.7. The van der Waals surface area contributed by atoms with Crippen LogP contribution >= 0.6 is 0 Å². The molecule has 1 aliphatic carbocycles. The molecule has 0 radical (unpaired) electrons. The van der Waals surface area contributed by atoms with Gasteiger partial charge in [0.2, 0.25) is 0 Å². The molecule has 3 nitrogen and oxygen atoms in total. The summed E-state index contributed by atoms with van der Waals surface area (Å²) in [5.41, 5.74) is 10.4. The summed E-state index contributed by atoms with van der Waals surface area (Å²) in [4.78, 5) is 0. The third kappa shape index (κ3) is 2.27. The van der Waals surface area contributed by atoms with Crippen LogP contribution in [0.5, 0.6) is 0 Å². The summed E-state index contributed by atoms with van der Waals surface area (Å²) >= 11 is 0. The number of nitrogens with one attached hydrogen (secondary N) is 1. The standard InChI is InChI=1S/C17H19N3/c1-12-4-2-3-5-15(12)11-20-9-8-13-10-14(17(18)19)6-7-16(13)20/h3,5-10H,2,4,11H2,1H3,(H3,18,19). The molecule has 0 bridgehead atoms. The van der Waals surface area contributed by atoms with Gasteiger partial charge in [0, 0.05) is 29.2 Å². The lowest BCUT2D eigenvalue weighted by molar-refractivity contribution is 0.799. The summed E-state index contributed by atoms with van der Waals surface area (Å²) in [5.74, 6) is 0.119. The topological polar surface area (TPSA) is 54.8 Å². The Kier molecular flexibility index (Phi) is 3.18. The van der Waals surface area contributed by atoms with E-state index in [1.807, 2.05) is 12.1 Å². The van der Waals surface area contributed by atoms with E-state index in [1.165, 1.54) is 23.1 Å². The monoisotopic (exact) mass is 265 g/mol. The van der Waals surface area contributed by atoms with Crippen LogP contribution in [0, 0.1) is 5.41 Å². The van der Waals surface area contributed by atoms with E-state index in [0.717, 1.165) is 23.9 Å². The first-order chi connectivity index (χ1) is 9.65. The summed E-state index contributed by atoms with van der Waals surface area (Å²) in [6.45, 7) is 3.13. The molecule has 3 rings (SSSR count). The normalized spacial score (nSPS) is 15.1. The Morgan fingerprint density at radius 3 is 2.95 bits per heavy atom. The number of nitrogens with two attached hydrogens (primary N) is 1. The molecule has 0 aliphatic heterocycles. The third-order valence-corrected chi connectivity index (χ3v) is 3.98. The van der Waals surface area contributed by atoms with Crippen molar-refractivity contribution in [3.05, 3.63) is 59.3 Å². The van der Waals surface area contributed by atoms with Gasteiger partial charge in [-0.05, 0) is 49.6 Å². The highest BCUT2D eigenvalue weighted by Gasteiger charge is 2.08. The number of benzene rings is 1. The van der Waals surface area contributed by atoms with Gasteiger partial charge in [0.05, 0.1) is 0 Å². The van der Waals surface area contributed by atoms with Crippen LogP contribution in [0.1, 0.15) is 25.3 Å². The molecule has 2 aromatic rings. The molecule has 0 fully saturated rings. The number of nitrogen functional groups attached to an aromatic ring is 1. The average molecular weight is 265 g/mol. The number of amidine groups is 1. The quantitative estimate of drug-likeness (QED) is 0.646. The molecule has 3 heteroatoms. The van der Waals surface area contributed by atoms with Crippen LogP contribution in [0.25, 0.3) is 10.9 Å². The number of aromatic nitrogens is 1. The van der Waals surface area contributed by atoms with Crippen LogP contribution in [0.3, 0.4) is 0 Å². The molecular weight excluding hydrogens is 246 g/mol. The lowest BCUT2D eigenvalue weighted by Gasteiger charge is -2.14. The average Bonchev–Trinajstić information content (AvgIpc) is 2.84. The van der Waals surface area contributed by atoms with Gasteiger partial charge in [-0.25, -0.2) is 0 Å². The minimum Gasteiger partial charge on any atom is -0.384 e. The molecule has 1 aliphatic rings. The molecule has 3 N–H and O–H groups in total. The van der Waals surface area contributed by atoms with Gasteiger partial charge in [0.1, 0.15) is 5.84 Å². The van der Waals surface area contributed by atoms with Crippen LogP contribution in [0.15, 0.2) is 53.8 Å². The molecular formula is C17H19N3.